The van der Waals surface area contributed by atoms with Crippen LogP contribution in [0.15, 0.2) is 54.6 Å². The molecule has 0 spiro atoms. The van der Waals surface area contributed by atoms with E-state index in [0.717, 1.165) is 31.6 Å². The molecule has 23 heavy (non-hydrogen) atoms. The van der Waals surface area contributed by atoms with Crippen molar-refractivity contribution in [2.45, 2.75) is 19.9 Å². The molecule has 0 amide bonds. The van der Waals surface area contributed by atoms with Gasteiger partial charge in [-0.1, -0.05) is 48.0 Å². The summed E-state index contributed by atoms with van der Waals surface area (Å²) in [5.74, 6) is -0.868. The lowest BCUT2D eigenvalue weighted by molar-refractivity contribution is 0.0696. The Balaban J connectivity index is 1.67. The fourth-order valence-corrected chi connectivity index (χ4v) is 3.02. The summed E-state index contributed by atoms with van der Waals surface area (Å²) in [5.41, 5.74) is 5.42. The molecule has 1 heterocycles. The Hall–Kier alpha value is -2.39. The van der Waals surface area contributed by atoms with E-state index >= 15 is 0 Å². The molecule has 0 fully saturated rings. The smallest absolute Gasteiger partial charge is 0.335 e. The van der Waals surface area contributed by atoms with Crippen LogP contribution in [0, 0.1) is 6.92 Å². The fraction of sp³-hybridized carbons (Fsp3) is 0.250. The molecule has 1 N–H and O–H groups in total. The van der Waals surface area contributed by atoms with Crippen molar-refractivity contribution >= 4 is 11.5 Å². The zero-order chi connectivity index (χ0) is 16.2. The maximum Gasteiger partial charge on any atom is 0.335 e. The van der Waals surface area contributed by atoms with Gasteiger partial charge in [0.25, 0.3) is 0 Å². The minimum Gasteiger partial charge on any atom is -0.478 e. The summed E-state index contributed by atoms with van der Waals surface area (Å²) < 4.78 is 0. The van der Waals surface area contributed by atoms with Crippen LogP contribution >= 0.6 is 0 Å². The number of hydrogen-bond acceptors (Lipinski definition) is 2. The van der Waals surface area contributed by atoms with Crippen molar-refractivity contribution < 1.29 is 9.90 Å². The van der Waals surface area contributed by atoms with Gasteiger partial charge in [-0.15, -0.1) is 0 Å². The maximum absolute atomic E-state index is 11.0. The second-order valence-electron chi connectivity index (χ2n) is 6.09. The van der Waals surface area contributed by atoms with Crippen molar-refractivity contribution in [3.8, 4) is 0 Å². The minimum absolute atomic E-state index is 0.357. The lowest BCUT2D eigenvalue weighted by atomic mass is 9.98. The molecule has 3 nitrogen and oxygen atoms in total. The molecule has 0 aromatic heterocycles. The molecule has 2 aromatic carbocycles. The molecule has 1 aliphatic heterocycles. The molecule has 0 aliphatic carbocycles. The number of aromatic carboxylic acids is 1. The summed E-state index contributed by atoms with van der Waals surface area (Å²) in [6, 6.07) is 15.8. The van der Waals surface area contributed by atoms with Crippen LogP contribution in [0.4, 0.5) is 0 Å². The van der Waals surface area contributed by atoms with Crippen LogP contribution in [0.1, 0.15) is 33.5 Å². The van der Waals surface area contributed by atoms with Crippen molar-refractivity contribution in [3.63, 3.8) is 0 Å². The zero-order valence-electron chi connectivity index (χ0n) is 13.3. The predicted octanol–water partition coefficient (Wildman–Crippen LogP) is 3.98. The Bertz CT molecular complexity index is 749. The zero-order valence-corrected chi connectivity index (χ0v) is 13.3. The van der Waals surface area contributed by atoms with Gasteiger partial charge in [0.05, 0.1) is 5.56 Å². The Morgan fingerprint density at radius 1 is 1.17 bits per heavy atom. The van der Waals surface area contributed by atoms with Gasteiger partial charge >= 0.3 is 5.97 Å². The van der Waals surface area contributed by atoms with E-state index in [2.05, 4.69) is 42.2 Å². The maximum atomic E-state index is 11.0. The molecule has 3 heteroatoms. The highest BCUT2D eigenvalue weighted by Gasteiger charge is 2.14. The standard InChI is InChI=1S/C20H21NO2/c1-15-4-2-6-18(12-15)17-8-10-21(11-9-17)14-16-5-3-7-19(13-16)20(22)23/h2-8,12-13H,9-11,14H2,1H3,(H,22,23). The van der Waals surface area contributed by atoms with Crippen molar-refractivity contribution in [3.05, 3.63) is 76.9 Å². The predicted molar refractivity (Wildman–Crippen MR) is 92.5 cm³/mol. The first kappa shape index (κ1) is 15.5. The van der Waals surface area contributed by atoms with Crippen molar-refractivity contribution in [2.24, 2.45) is 0 Å². The first-order valence-electron chi connectivity index (χ1n) is 7.92. The van der Waals surface area contributed by atoms with Crippen molar-refractivity contribution in [1.29, 1.82) is 0 Å². The molecule has 0 bridgehead atoms. The Morgan fingerprint density at radius 2 is 2.00 bits per heavy atom. The Morgan fingerprint density at radius 3 is 2.70 bits per heavy atom. The van der Waals surface area contributed by atoms with Gasteiger partial charge in [-0.2, -0.15) is 0 Å². The highest BCUT2D eigenvalue weighted by Crippen LogP contribution is 2.24. The molecular weight excluding hydrogens is 286 g/mol. The van der Waals surface area contributed by atoms with Gasteiger partial charge in [-0.3, -0.25) is 4.90 Å². The first-order chi connectivity index (χ1) is 11.1. The Kier molecular flexibility index (Phi) is 4.58. The molecular formula is C20H21NO2. The summed E-state index contributed by atoms with van der Waals surface area (Å²) in [6.07, 6.45) is 3.32. The summed E-state index contributed by atoms with van der Waals surface area (Å²) >= 11 is 0. The molecule has 118 valence electrons. The molecule has 0 atom stereocenters. The van der Waals surface area contributed by atoms with Gasteiger partial charge in [-0.25, -0.2) is 4.79 Å². The highest BCUT2D eigenvalue weighted by molar-refractivity contribution is 5.87. The topological polar surface area (TPSA) is 40.5 Å². The molecule has 3 rings (SSSR count). The van der Waals surface area contributed by atoms with Gasteiger partial charge in [0.1, 0.15) is 0 Å². The largest absolute Gasteiger partial charge is 0.478 e. The van der Waals surface area contributed by atoms with E-state index in [-0.39, 0.29) is 0 Å². The van der Waals surface area contributed by atoms with Gasteiger partial charge in [0, 0.05) is 19.6 Å². The normalized spacial score (nSPS) is 15.3. The average molecular weight is 307 g/mol. The average Bonchev–Trinajstić information content (AvgIpc) is 2.56. The molecule has 0 unspecified atom stereocenters. The fourth-order valence-electron chi connectivity index (χ4n) is 3.02. The lowest BCUT2D eigenvalue weighted by Gasteiger charge is -2.26. The first-order valence-corrected chi connectivity index (χ1v) is 7.92. The van der Waals surface area contributed by atoms with Crippen LogP contribution in [-0.2, 0) is 6.54 Å². The van der Waals surface area contributed by atoms with Crippen LogP contribution < -0.4 is 0 Å². The van der Waals surface area contributed by atoms with Gasteiger partial charge in [0.2, 0.25) is 0 Å². The van der Waals surface area contributed by atoms with Crippen molar-refractivity contribution in [1.82, 2.24) is 4.90 Å². The summed E-state index contributed by atoms with van der Waals surface area (Å²) in [7, 11) is 0. The van der Waals surface area contributed by atoms with E-state index < -0.39 is 5.97 Å². The third kappa shape index (κ3) is 3.88. The molecule has 0 saturated carbocycles. The van der Waals surface area contributed by atoms with E-state index in [1.165, 1.54) is 16.7 Å². The Labute approximate surface area is 136 Å². The quantitative estimate of drug-likeness (QED) is 0.928. The molecule has 2 aromatic rings. The van der Waals surface area contributed by atoms with Crippen LogP contribution in [0.25, 0.3) is 5.57 Å². The summed E-state index contributed by atoms with van der Waals surface area (Å²) in [6.45, 7) is 4.81. The highest BCUT2D eigenvalue weighted by atomic mass is 16.4. The minimum atomic E-state index is -0.868. The van der Waals surface area contributed by atoms with E-state index in [1.54, 1.807) is 12.1 Å². The number of carboxylic acid groups (broad SMARTS) is 1. The number of nitrogens with zero attached hydrogens (tertiary/aromatic N) is 1. The lowest BCUT2D eigenvalue weighted by Crippen LogP contribution is -2.28. The second kappa shape index (κ2) is 6.80. The van der Waals surface area contributed by atoms with E-state index in [1.807, 2.05) is 12.1 Å². The summed E-state index contributed by atoms with van der Waals surface area (Å²) in [5, 5.41) is 9.08. The van der Waals surface area contributed by atoms with Crippen LogP contribution in [-0.4, -0.2) is 29.1 Å². The van der Waals surface area contributed by atoms with Gasteiger partial charge < -0.3 is 5.11 Å². The van der Waals surface area contributed by atoms with Crippen LogP contribution in [0.2, 0.25) is 0 Å². The number of benzene rings is 2. The van der Waals surface area contributed by atoms with E-state index in [4.69, 9.17) is 5.11 Å². The third-order valence-corrected chi connectivity index (χ3v) is 4.26. The number of carbonyl (C=O) groups is 1. The molecule has 1 aliphatic rings. The van der Waals surface area contributed by atoms with Gasteiger partial charge in [0.15, 0.2) is 0 Å². The number of rotatable bonds is 4. The van der Waals surface area contributed by atoms with Crippen LogP contribution in [0.3, 0.4) is 0 Å². The van der Waals surface area contributed by atoms with Crippen molar-refractivity contribution in [2.75, 3.05) is 13.1 Å². The van der Waals surface area contributed by atoms with E-state index in [0.29, 0.717) is 5.56 Å². The number of hydrogen-bond donors (Lipinski definition) is 1. The second-order valence-corrected chi connectivity index (χ2v) is 6.09. The molecule has 0 saturated heterocycles. The number of carboxylic acids is 1. The van der Waals surface area contributed by atoms with Gasteiger partial charge in [-0.05, 0) is 42.2 Å². The summed E-state index contributed by atoms with van der Waals surface area (Å²) in [4.78, 5) is 13.4. The van der Waals surface area contributed by atoms with Crippen LogP contribution in [0.5, 0.6) is 0 Å². The SMILES string of the molecule is Cc1cccc(C2=CCN(Cc3cccc(C(=O)O)c3)CC2)c1. The molecule has 0 radical (unpaired) electrons. The monoisotopic (exact) mass is 307 g/mol. The third-order valence-electron chi connectivity index (χ3n) is 4.26. The van der Waals surface area contributed by atoms with E-state index in [9.17, 15) is 4.79 Å². The number of aryl methyl sites for hydroxylation is 1.